The minimum Gasteiger partial charge on any atom is -0.272 e. The van der Waals surface area contributed by atoms with E-state index in [0.717, 1.165) is 18.4 Å². The molecule has 0 aromatic heterocycles. The normalized spacial score (nSPS) is 14.0. The van der Waals surface area contributed by atoms with Crippen molar-refractivity contribution in [2.45, 2.75) is 23.5 Å². The SMILES string of the molecule is N#Cc1ccc(CSCC(=O)NNC(=O)c2cccc(S(=O)(=O)N3CCCC3)c2)cc1. The van der Waals surface area contributed by atoms with Crippen LogP contribution in [0.2, 0.25) is 0 Å². The second-order valence-electron chi connectivity index (χ2n) is 6.94. The Hall–Kier alpha value is -2.87. The highest BCUT2D eigenvalue weighted by atomic mass is 32.2. The van der Waals surface area contributed by atoms with Gasteiger partial charge in [0.15, 0.2) is 0 Å². The lowest BCUT2D eigenvalue weighted by Crippen LogP contribution is -2.42. The molecule has 31 heavy (non-hydrogen) atoms. The third-order valence-electron chi connectivity index (χ3n) is 4.70. The molecular weight excluding hydrogens is 436 g/mol. The number of thioether (sulfide) groups is 1. The molecule has 2 N–H and O–H groups in total. The average molecular weight is 459 g/mol. The van der Waals surface area contributed by atoms with Gasteiger partial charge in [-0.25, -0.2) is 8.42 Å². The van der Waals surface area contributed by atoms with Gasteiger partial charge in [0.1, 0.15) is 0 Å². The van der Waals surface area contributed by atoms with Crippen LogP contribution < -0.4 is 10.9 Å². The fourth-order valence-corrected chi connectivity index (χ4v) is 5.40. The molecule has 0 unspecified atom stereocenters. The average Bonchev–Trinajstić information content (AvgIpc) is 3.34. The summed E-state index contributed by atoms with van der Waals surface area (Å²) in [6.07, 6.45) is 1.66. The van der Waals surface area contributed by atoms with Gasteiger partial charge < -0.3 is 0 Å². The molecule has 1 aliphatic rings. The van der Waals surface area contributed by atoms with Crippen molar-refractivity contribution in [3.05, 3.63) is 65.2 Å². The first-order valence-electron chi connectivity index (χ1n) is 9.66. The highest BCUT2D eigenvalue weighted by molar-refractivity contribution is 7.99. The first-order chi connectivity index (χ1) is 14.9. The van der Waals surface area contributed by atoms with Gasteiger partial charge in [0, 0.05) is 24.4 Å². The lowest BCUT2D eigenvalue weighted by molar-refractivity contribution is -0.119. The second kappa shape index (κ2) is 10.4. The molecule has 1 fully saturated rings. The van der Waals surface area contributed by atoms with Gasteiger partial charge in [0.05, 0.1) is 22.3 Å². The monoisotopic (exact) mass is 458 g/mol. The number of benzene rings is 2. The predicted octanol–water partition coefficient (Wildman–Crippen LogP) is 2.04. The molecule has 162 valence electrons. The number of carbonyl (C=O) groups excluding carboxylic acids is 2. The molecule has 2 aromatic carbocycles. The van der Waals surface area contributed by atoms with Crippen molar-refractivity contribution in [3.8, 4) is 6.07 Å². The second-order valence-corrected chi connectivity index (χ2v) is 9.87. The van der Waals surface area contributed by atoms with Crippen molar-refractivity contribution < 1.29 is 18.0 Å². The third kappa shape index (κ3) is 6.07. The molecule has 8 nitrogen and oxygen atoms in total. The van der Waals surface area contributed by atoms with Crippen LogP contribution in [0, 0.1) is 11.3 Å². The van der Waals surface area contributed by atoms with E-state index >= 15 is 0 Å². The van der Waals surface area contributed by atoms with Crippen LogP contribution in [0.25, 0.3) is 0 Å². The van der Waals surface area contributed by atoms with E-state index < -0.39 is 15.9 Å². The molecule has 1 saturated heterocycles. The lowest BCUT2D eigenvalue weighted by Gasteiger charge is -2.16. The summed E-state index contributed by atoms with van der Waals surface area (Å²) in [5.74, 6) is -0.260. The van der Waals surface area contributed by atoms with Gasteiger partial charge in [0.2, 0.25) is 15.9 Å². The summed E-state index contributed by atoms with van der Waals surface area (Å²) in [4.78, 5) is 24.4. The van der Waals surface area contributed by atoms with E-state index in [9.17, 15) is 18.0 Å². The van der Waals surface area contributed by atoms with Crippen LogP contribution in [-0.2, 0) is 20.6 Å². The van der Waals surface area contributed by atoms with Crippen LogP contribution in [0.1, 0.15) is 34.3 Å². The molecule has 0 radical (unpaired) electrons. The quantitative estimate of drug-likeness (QED) is 0.613. The highest BCUT2D eigenvalue weighted by Gasteiger charge is 2.27. The summed E-state index contributed by atoms with van der Waals surface area (Å²) < 4.78 is 26.7. The molecule has 2 aromatic rings. The minimum absolute atomic E-state index is 0.0614. The first kappa shape index (κ1) is 22.8. The lowest BCUT2D eigenvalue weighted by atomic mass is 10.2. The van der Waals surface area contributed by atoms with E-state index in [-0.39, 0.29) is 22.1 Å². The molecule has 1 aliphatic heterocycles. The maximum Gasteiger partial charge on any atom is 0.269 e. The number of hydrazine groups is 1. The zero-order valence-electron chi connectivity index (χ0n) is 16.7. The maximum absolute atomic E-state index is 12.7. The topological polar surface area (TPSA) is 119 Å². The van der Waals surface area contributed by atoms with Crippen LogP contribution in [0.5, 0.6) is 0 Å². The summed E-state index contributed by atoms with van der Waals surface area (Å²) in [5.41, 5.74) is 6.35. The van der Waals surface area contributed by atoms with Gasteiger partial charge in [-0.3, -0.25) is 20.4 Å². The third-order valence-corrected chi connectivity index (χ3v) is 7.60. The Morgan fingerprint density at radius 2 is 1.77 bits per heavy atom. The summed E-state index contributed by atoms with van der Waals surface area (Å²) in [6, 6.07) is 14.9. The molecule has 10 heteroatoms. The predicted molar refractivity (Wildman–Crippen MR) is 117 cm³/mol. The fraction of sp³-hybridized carbons (Fsp3) is 0.286. The van der Waals surface area contributed by atoms with Gasteiger partial charge in [-0.1, -0.05) is 18.2 Å². The number of nitriles is 1. The highest BCUT2D eigenvalue weighted by Crippen LogP contribution is 2.21. The Morgan fingerprint density at radius 3 is 2.45 bits per heavy atom. The van der Waals surface area contributed by atoms with Crippen LogP contribution in [0.4, 0.5) is 0 Å². The van der Waals surface area contributed by atoms with Crippen LogP contribution in [-0.4, -0.2) is 43.4 Å². The summed E-state index contributed by atoms with van der Waals surface area (Å²) in [6.45, 7) is 0.962. The van der Waals surface area contributed by atoms with E-state index in [1.807, 2.05) is 18.2 Å². The molecule has 0 saturated carbocycles. The molecule has 0 spiro atoms. The number of amides is 2. The smallest absolute Gasteiger partial charge is 0.269 e. The molecule has 1 heterocycles. The van der Waals surface area contributed by atoms with E-state index in [4.69, 9.17) is 5.26 Å². The molecule has 0 atom stereocenters. The largest absolute Gasteiger partial charge is 0.272 e. The summed E-state index contributed by atoms with van der Waals surface area (Å²) in [5, 5.41) is 8.79. The number of sulfonamides is 1. The Balaban J connectivity index is 1.48. The van der Waals surface area contributed by atoms with E-state index in [1.54, 1.807) is 12.1 Å². The Labute approximate surface area is 185 Å². The fourth-order valence-electron chi connectivity index (χ4n) is 3.05. The van der Waals surface area contributed by atoms with Crippen molar-refractivity contribution in [2.24, 2.45) is 0 Å². The molecule has 0 aliphatic carbocycles. The van der Waals surface area contributed by atoms with E-state index in [1.165, 1.54) is 40.3 Å². The molecule has 0 bridgehead atoms. The van der Waals surface area contributed by atoms with Crippen molar-refractivity contribution in [1.82, 2.24) is 15.2 Å². The van der Waals surface area contributed by atoms with Gasteiger partial charge >= 0.3 is 0 Å². The van der Waals surface area contributed by atoms with Crippen LogP contribution >= 0.6 is 11.8 Å². The first-order valence-corrected chi connectivity index (χ1v) is 12.3. The van der Waals surface area contributed by atoms with Crippen molar-refractivity contribution in [3.63, 3.8) is 0 Å². The Kier molecular flexibility index (Phi) is 7.68. The van der Waals surface area contributed by atoms with Crippen LogP contribution in [0.3, 0.4) is 0 Å². The Morgan fingerprint density at radius 1 is 1.06 bits per heavy atom. The van der Waals surface area contributed by atoms with Crippen LogP contribution in [0.15, 0.2) is 53.4 Å². The number of nitrogens with one attached hydrogen (secondary N) is 2. The summed E-state index contributed by atoms with van der Waals surface area (Å²) >= 11 is 1.36. The molecule has 2 amide bonds. The minimum atomic E-state index is -3.62. The van der Waals surface area contributed by atoms with Crippen molar-refractivity contribution in [1.29, 1.82) is 5.26 Å². The van der Waals surface area contributed by atoms with Gasteiger partial charge in [-0.15, -0.1) is 11.8 Å². The van der Waals surface area contributed by atoms with Gasteiger partial charge in [-0.05, 0) is 48.7 Å². The van der Waals surface area contributed by atoms with Gasteiger partial charge in [0.25, 0.3) is 5.91 Å². The number of carbonyl (C=O) groups is 2. The number of nitrogens with zero attached hydrogens (tertiary/aromatic N) is 2. The number of hydrogen-bond acceptors (Lipinski definition) is 6. The molecular formula is C21H22N4O4S2. The maximum atomic E-state index is 12.7. The van der Waals surface area contributed by atoms with Crippen molar-refractivity contribution in [2.75, 3.05) is 18.8 Å². The number of hydrogen-bond donors (Lipinski definition) is 2. The van der Waals surface area contributed by atoms with Gasteiger partial charge in [-0.2, -0.15) is 9.57 Å². The summed E-state index contributed by atoms with van der Waals surface area (Å²) in [7, 11) is -3.62. The zero-order chi connectivity index (χ0) is 22.3. The number of rotatable bonds is 7. The van der Waals surface area contributed by atoms with E-state index in [0.29, 0.717) is 24.4 Å². The standard InChI is InChI=1S/C21H22N4O4S2/c22-13-16-6-8-17(9-7-16)14-30-15-20(26)23-24-21(27)18-4-3-5-19(12-18)31(28,29)25-10-1-2-11-25/h3-9,12H,1-2,10-11,14-15H2,(H,23,26)(H,24,27). The zero-order valence-corrected chi connectivity index (χ0v) is 18.3. The Bertz CT molecular complexity index is 1090. The van der Waals surface area contributed by atoms with Crippen molar-refractivity contribution >= 4 is 33.6 Å². The molecule has 3 rings (SSSR count). The van der Waals surface area contributed by atoms with E-state index in [2.05, 4.69) is 10.9 Å².